The van der Waals surface area contributed by atoms with Crippen LogP contribution in [0.3, 0.4) is 0 Å². The Labute approximate surface area is 142 Å². The van der Waals surface area contributed by atoms with Crippen LogP contribution in [0.2, 0.25) is 0 Å². The van der Waals surface area contributed by atoms with E-state index < -0.39 is 0 Å². The first-order valence-corrected chi connectivity index (χ1v) is 8.72. The van der Waals surface area contributed by atoms with Crippen molar-refractivity contribution in [1.29, 1.82) is 0 Å². The molecule has 2 aliphatic heterocycles. The third-order valence-corrected chi connectivity index (χ3v) is 4.71. The van der Waals surface area contributed by atoms with Crippen molar-refractivity contribution in [2.75, 3.05) is 31.1 Å². The number of hydrogen-bond acceptors (Lipinski definition) is 6. The maximum Gasteiger partial charge on any atom is 0.171 e. The minimum absolute atomic E-state index is 0.215. The van der Waals surface area contributed by atoms with Gasteiger partial charge in [0, 0.05) is 46.0 Å². The van der Waals surface area contributed by atoms with Crippen LogP contribution >= 0.6 is 0 Å². The summed E-state index contributed by atoms with van der Waals surface area (Å²) in [4.78, 5) is 10.9. The predicted octanol–water partition coefficient (Wildman–Crippen LogP) is 1.46. The zero-order valence-electron chi connectivity index (χ0n) is 14.1. The van der Waals surface area contributed by atoms with E-state index in [0.717, 1.165) is 56.4 Å². The van der Waals surface area contributed by atoms with E-state index in [1.54, 1.807) is 4.80 Å². The van der Waals surface area contributed by atoms with E-state index in [0.29, 0.717) is 0 Å². The molecule has 0 spiro atoms. The molecule has 0 amide bonds. The van der Waals surface area contributed by atoms with Crippen molar-refractivity contribution in [3.05, 3.63) is 30.2 Å². The van der Waals surface area contributed by atoms with Crippen molar-refractivity contribution in [2.45, 2.75) is 31.9 Å². The molecule has 0 aliphatic carbocycles. The second-order valence-electron chi connectivity index (χ2n) is 6.61. The summed E-state index contributed by atoms with van der Waals surface area (Å²) in [6.07, 6.45) is 7.42. The van der Waals surface area contributed by atoms with Crippen molar-refractivity contribution in [3.8, 4) is 5.75 Å². The van der Waals surface area contributed by atoms with Gasteiger partial charge < -0.3 is 9.64 Å². The van der Waals surface area contributed by atoms with Crippen LogP contribution in [-0.2, 0) is 13.6 Å². The molecule has 0 radical (unpaired) electrons. The number of anilines is 1. The predicted molar refractivity (Wildman–Crippen MR) is 91.0 cm³/mol. The molecule has 2 aromatic heterocycles. The summed E-state index contributed by atoms with van der Waals surface area (Å²) in [6, 6.07) is 4.01. The van der Waals surface area contributed by atoms with Gasteiger partial charge in [0.05, 0.1) is 11.9 Å². The van der Waals surface area contributed by atoms with Gasteiger partial charge >= 0.3 is 0 Å². The average Bonchev–Trinajstić information content (AvgIpc) is 3.32. The lowest BCUT2D eigenvalue weighted by molar-refractivity contribution is 0.197. The first-order chi connectivity index (χ1) is 11.8. The van der Waals surface area contributed by atoms with Gasteiger partial charge in [-0.05, 0) is 31.4 Å². The Morgan fingerprint density at radius 2 is 2.12 bits per heavy atom. The number of aryl methyl sites for hydroxylation is 1. The van der Waals surface area contributed by atoms with E-state index in [9.17, 15) is 0 Å². The molecule has 2 fully saturated rings. The summed E-state index contributed by atoms with van der Waals surface area (Å²) in [6.45, 7) is 4.94. The normalized spacial score (nSPS) is 21.5. The van der Waals surface area contributed by atoms with E-state index in [4.69, 9.17) is 4.74 Å². The molecular weight excluding hydrogens is 304 g/mol. The van der Waals surface area contributed by atoms with Gasteiger partial charge in [-0.2, -0.15) is 15.0 Å². The van der Waals surface area contributed by atoms with Crippen LogP contribution in [0.5, 0.6) is 5.75 Å². The van der Waals surface area contributed by atoms with Crippen molar-refractivity contribution in [3.63, 3.8) is 0 Å². The summed E-state index contributed by atoms with van der Waals surface area (Å²) in [5, 5.41) is 8.49. The van der Waals surface area contributed by atoms with Crippen LogP contribution in [0.1, 0.15) is 25.0 Å². The summed E-state index contributed by atoms with van der Waals surface area (Å²) in [7, 11) is 1.85. The Balaban J connectivity index is 1.38. The molecule has 4 heterocycles. The van der Waals surface area contributed by atoms with Gasteiger partial charge in [0.15, 0.2) is 11.6 Å². The van der Waals surface area contributed by atoms with Crippen LogP contribution in [0.25, 0.3) is 0 Å². The molecule has 128 valence electrons. The Bertz CT molecular complexity index is 681. The second kappa shape index (κ2) is 6.76. The smallest absolute Gasteiger partial charge is 0.171 e. The summed E-state index contributed by atoms with van der Waals surface area (Å²) < 4.78 is 6.30. The molecule has 0 aromatic carbocycles. The fourth-order valence-corrected chi connectivity index (χ4v) is 3.55. The highest BCUT2D eigenvalue weighted by Gasteiger charge is 2.26. The molecule has 7 heteroatoms. The van der Waals surface area contributed by atoms with E-state index in [1.807, 2.05) is 31.6 Å². The Kier molecular flexibility index (Phi) is 4.34. The molecule has 2 aliphatic rings. The Morgan fingerprint density at radius 1 is 1.25 bits per heavy atom. The maximum atomic E-state index is 6.30. The molecule has 0 bridgehead atoms. The number of nitrogens with zero attached hydrogens (tertiary/aromatic N) is 6. The molecule has 0 saturated carbocycles. The highest BCUT2D eigenvalue weighted by molar-refractivity contribution is 5.52. The van der Waals surface area contributed by atoms with Crippen molar-refractivity contribution < 1.29 is 4.74 Å². The van der Waals surface area contributed by atoms with E-state index in [-0.39, 0.29) is 6.10 Å². The van der Waals surface area contributed by atoms with Crippen LogP contribution in [0.15, 0.2) is 24.5 Å². The molecule has 24 heavy (non-hydrogen) atoms. The SMILES string of the molecule is Cn1ncc(CN2CCC(Oc3cccnc3N3CCCC3)C2)n1. The monoisotopic (exact) mass is 328 g/mol. The first kappa shape index (κ1) is 15.4. The minimum atomic E-state index is 0.215. The van der Waals surface area contributed by atoms with Gasteiger partial charge in [0.25, 0.3) is 0 Å². The minimum Gasteiger partial charge on any atom is -0.485 e. The standard InChI is InChI=1S/C17H24N6O/c1-21-19-11-14(20-21)12-22-10-6-15(13-22)24-16-5-4-7-18-17(16)23-8-2-3-9-23/h4-5,7,11,15H,2-3,6,8-10,12-13H2,1H3. The number of pyridine rings is 1. The zero-order chi connectivity index (χ0) is 16.4. The molecule has 7 nitrogen and oxygen atoms in total. The lowest BCUT2D eigenvalue weighted by Crippen LogP contribution is -2.26. The zero-order valence-corrected chi connectivity index (χ0v) is 14.1. The summed E-state index contributed by atoms with van der Waals surface area (Å²) >= 11 is 0. The van der Waals surface area contributed by atoms with E-state index in [2.05, 4.69) is 25.0 Å². The van der Waals surface area contributed by atoms with Gasteiger partial charge in [-0.3, -0.25) is 4.90 Å². The van der Waals surface area contributed by atoms with Gasteiger partial charge in [-0.1, -0.05) is 0 Å². The number of hydrogen-bond donors (Lipinski definition) is 0. The molecule has 0 N–H and O–H groups in total. The van der Waals surface area contributed by atoms with E-state index >= 15 is 0 Å². The highest BCUT2D eigenvalue weighted by Crippen LogP contribution is 2.30. The van der Waals surface area contributed by atoms with Crippen molar-refractivity contribution in [1.82, 2.24) is 24.9 Å². The highest BCUT2D eigenvalue weighted by atomic mass is 16.5. The number of aromatic nitrogens is 4. The number of ether oxygens (including phenoxy) is 1. The fourth-order valence-electron chi connectivity index (χ4n) is 3.55. The van der Waals surface area contributed by atoms with Crippen LogP contribution < -0.4 is 9.64 Å². The fraction of sp³-hybridized carbons (Fsp3) is 0.588. The molecule has 1 unspecified atom stereocenters. The molecule has 2 aromatic rings. The summed E-state index contributed by atoms with van der Waals surface area (Å²) in [5.41, 5.74) is 1.01. The van der Waals surface area contributed by atoms with Gasteiger partial charge in [0.2, 0.25) is 0 Å². The van der Waals surface area contributed by atoms with Gasteiger partial charge in [-0.25, -0.2) is 4.98 Å². The Morgan fingerprint density at radius 3 is 2.92 bits per heavy atom. The van der Waals surface area contributed by atoms with Crippen molar-refractivity contribution >= 4 is 5.82 Å². The lowest BCUT2D eigenvalue weighted by atomic mass is 10.3. The third kappa shape index (κ3) is 3.36. The third-order valence-electron chi connectivity index (χ3n) is 4.71. The first-order valence-electron chi connectivity index (χ1n) is 8.72. The number of rotatable bonds is 5. The van der Waals surface area contributed by atoms with E-state index in [1.165, 1.54) is 12.8 Å². The van der Waals surface area contributed by atoms with Gasteiger partial charge in [-0.15, -0.1) is 0 Å². The Hall–Kier alpha value is -2.15. The maximum absolute atomic E-state index is 6.30. The molecule has 4 rings (SSSR count). The lowest BCUT2D eigenvalue weighted by Gasteiger charge is -2.22. The van der Waals surface area contributed by atoms with Gasteiger partial charge in [0.1, 0.15) is 6.10 Å². The van der Waals surface area contributed by atoms with Crippen LogP contribution in [0.4, 0.5) is 5.82 Å². The van der Waals surface area contributed by atoms with Crippen LogP contribution in [-0.4, -0.2) is 57.2 Å². The average molecular weight is 328 g/mol. The number of likely N-dealkylation sites (tertiary alicyclic amines) is 1. The van der Waals surface area contributed by atoms with Crippen LogP contribution in [0, 0.1) is 0 Å². The molecule has 2 saturated heterocycles. The molecule has 1 atom stereocenters. The topological polar surface area (TPSA) is 59.3 Å². The summed E-state index contributed by atoms with van der Waals surface area (Å²) in [5.74, 6) is 1.92. The quantitative estimate of drug-likeness (QED) is 0.828. The molecular formula is C17H24N6O. The van der Waals surface area contributed by atoms with Crippen molar-refractivity contribution in [2.24, 2.45) is 7.05 Å². The largest absolute Gasteiger partial charge is 0.485 e. The second-order valence-corrected chi connectivity index (χ2v) is 6.61.